The van der Waals surface area contributed by atoms with Crippen LogP contribution in [0.4, 0.5) is 11.5 Å². The molecular formula is C15H15N3O. The van der Waals surface area contributed by atoms with Crippen LogP contribution in [0.15, 0.2) is 48.7 Å². The Labute approximate surface area is 112 Å². The minimum atomic E-state index is -0.0171. The average Bonchev–Trinajstić information content (AvgIpc) is 2.49. The predicted octanol–water partition coefficient (Wildman–Crippen LogP) is 2.63. The number of para-hydroxylation sites is 1. The fraction of sp³-hybridized carbons (Fsp3) is 0.200. The summed E-state index contributed by atoms with van der Waals surface area (Å²) in [4.78, 5) is 6.33. The molecule has 0 amide bonds. The van der Waals surface area contributed by atoms with Crippen molar-refractivity contribution in [2.75, 3.05) is 11.4 Å². The van der Waals surface area contributed by atoms with E-state index < -0.39 is 0 Å². The lowest BCUT2D eigenvalue weighted by Crippen LogP contribution is -2.19. The third-order valence-electron chi connectivity index (χ3n) is 2.78. The minimum absolute atomic E-state index is 0.0171. The standard InChI is InChI=1S/C15H15N3O/c16-9-4-10-18(14-5-2-1-3-6-14)15-8-7-13(12-19)11-17-15/h1-3,5-8,11,19H,4,10,12H2. The number of pyridine rings is 1. The molecule has 96 valence electrons. The molecule has 4 heteroatoms. The van der Waals surface area contributed by atoms with Crippen LogP contribution < -0.4 is 4.90 Å². The van der Waals surface area contributed by atoms with Gasteiger partial charge in [0, 0.05) is 18.4 Å². The van der Waals surface area contributed by atoms with Crippen LogP contribution in [0.25, 0.3) is 0 Å². The van der Waals surface area contributed by atoms with Crippen molar-refractivity contribution in [2.45, 2.75) is 13.0 Å². The Morgan fingerprint density at radius 3 is 2.53 bits per heavy atom. The number of hydrogen-bond donors (Lipinski definition) is 1. The van der Waals surface area contributed by atoms with Gasteiger partial charge in [0.2, 0.25) is 0 Å². The zero-order chi connectivity index (χ0) is 13.5. The van der Waals surface area contributed by atoms with Crippen LogP contribution in [0, 0.1) is 11.3 Å². The highest BCUT2D eigenvalue weighted by atomic mass is 16.3. The number of anilines is 2. The van der Waals surface area contributed by atoms with Gasteiger partial charge in [-0.3, -0.25) is 0 Å². The molecule has 0 fully saturated rings. The largest absolute Gasteiger partial charge is 0.392 e. The second kappa shape index (κ2) is 6.53. The van der Waals surface area contributed by atoms with Crippen LogP contribution in [-0.2, 0) is 6.61 Å². The molecule has 0 unspecified atom stereocenters. The van der Waals surface area contributed by atoms with Gasteiger partial charge in [0.25, 0.3) is 0 Å². The van der Waals surface area contributed by atoms with Crippen molar-refractivity contribution < 1.29 is 5.11 Å². The Hall–Kier alpha value is -2.38. The lowest BCUT2D eigenvalue weighted by atomic mass is 10.2. The maximum Gasteiger partial charge on any atom is 0.132 e. The molecule has 0 bridgehead atoms. The van der Waals surface area contributed by atoms with Crippen molar-refractivity contribution >= 4 is 11.5 Å². The molecule has 0 atom stereocenters. The molecule has 0 saturated carbocycles. The lowest BCUT2D eigenvalue weighted by Gasteiger charge is -2.22. The number of nitrogens with zero attached hydrogens (tertiary/aromatic N) is 3. The van der Waals surface area contributed by atoms with E-state index in [1.165, 1.54) is 0 Å². The summed E-state index contributed by atoms with van der Waals surface area (Å²) >= 11 is 0. The second-order valence-electron chi connectivity index (χ2n) is 4.08. The Kier molecular flexibility index (Phi) is 4.49. The first-order chi connectivity index (χ1) is 9.35. The summed E-state index contributed by atoms with van der Waals surface area (Å²) in [7, 11) is 0. The molecule has 2 aromatic rings. The van der Waals surface area contributed by atoms with Gasteiger partial charge in [-0.2, -0.15) is 5.26 Å². The van der Waals surface area contributed by atoms with E-state index in [2.05, 4.69) is 11.1 Å². The van der Waals surface area contributed by atoms with Gasteiger partial charge in [-0.25, -0.2) is 4.98 Å². The smallest absolute Gasteiger partial charge is 0.132 e. The number of aromatic nitrogens is 1. The van der Waals surface area contributed by atoms with Crippen LogP contribution in [0.2, 0.25) is 0 Å². The highest BCUT2D eigenvalue weighted by molar-refractivity contribution is 5.59. The number of aliphatic hydroxyl groups excluding tert-OH is 1. The van der Waals surface area contributed by atoms with Crippen molar-refractivity contribution in [3.05, 3.63) is 54.2 Å². The van der Waals surface area contributed by atoms with E-state index in [0.29, 0.717) is 13.0 Å². The molecule has 1 aromatic heterocycles. The van der Waals surface area contributed by atoms with Gasteiger partial charge in [-0.1, -0.05) is 24.3 Å². The second-order valence-corrected chi connectivity index (χ2v) is 4.08. The third-order valence-corrected chi connectivity index (χ3v) is 2.78. The highest BCUT2D eigenvalue weighted by Crippen LogP contribution is 2.23. The zero-order valence-electron chi connectivity index (χ0n) is 10.5. The summed E-state index contributed by atoms with van der Waals surface area (Å²) in [6.07, 6.45) is 2.08. The maximum absolute atomic E-state index is 9.03. The van der Waals surface area contributed by atoms with Crippen molar-refractivity contribution in [1.29, 1.82) is 5.26 Å². The summed E-state index contributed by atoms with van der Waals surface area (Å²) in [5.41, 5.74) is 1.78. The molecular weight excluding hydrogens is 238 g/mol. The number of rotatable bonds is 5. The van der Waals surface area contributed by atoms with Crippen LogP contribution in [0.5, 0.6) is 0 Å². The number of hydrogen-bond acceptors (Lipinski definition) is 4. The molecule has 1 heterocycles. The monoisotopic (exact) mass is 253 g/mol. The number of nitriles is 1. The van der Waals surface area contributed by atoms with E-state index in [9.17, 15) is 0 Å². The van der Waals surface area contributed by atoms with Crippen LogP contribution in [-0.4, -0.2) is 16.6 Å². The van der Waals surface area contributed by atoms with Gasteiger partial charge in [0.15, 0.2) is 0 Å². The van der Waals surface area contributed by atoms with Gasteiger partial charge in [-0.05, 0) is 23.8 Å². The summed E-state index contributed by atoms with van der Waals surface area (Å²) in [6, 6.07) is 15.7. The fourth-order valence-electron chi connectivity index (χ4n) is 1.82. The molecule has 4 nitrogen and oxygen atoms in total. The molecule has 0 aliphatic rings. The van der Waals surface area contributed by atoms with Gasteiger partial charge < -0.3 is 10.0 Å². The number of aliphatic hydroxyl groups is 1. The predicted molar refractivity (Wildman–Crippen MR) is 73.8 cm³/mol. The van der Waals surface area contributed by atoms with Crippen molar-refractivity contribution in [2.24, 2.45) is 0 Å². The molecule has 0 radical (unpaired) electrons. The van der Waals surface area contributed by atoms with E-state index in [0.717, 1.165) is 17.1 Å². The first-order valence-corrected chi connectivity index (χ1v) is 6.10. The van der Waals surface area contributed by atoms with Crippen LogP contribution >= 0.6 is 0 Å². The van der Waals surface area contributed by atoms with E-state index in [4.69, 9.17) is 10.4 Å². The topological polar surface area (TPSA) is 60.2 Å². The van der Waals surface area contributed by atoms with Crippen molar-refractivity contribution in [3.63, 3.8) is 0 Å². The molecule has 19 heavy (non-hydrogen) atoms. The first kappa shape index (κ1) is 13.1. The summed E-state index contributed by atoms with van der Waals surface area (Å²) in [5, 5.41) is 17.8. The Morgan fingerprint density at radius 1 is 1.16 bits per heavy atom. The van der Waals surface area contributed by atoms with Gasteiger partial charge in [0.1, 0.15) is 5.82 Å². The Bertz CT molecular complexity index is 546. The fourth-order valence-corrected chi connectivity index (χ4v) is 1.82. The maximum atomic E-state index is 9.03. The van der Waals surface area contributed by atoms with E-state index in [1.807, 2.05) is 47.4 Å². The number of benzene rings is 1. The molecule has 1 N–H and O–H groups in total. The zero-order valence-corrected chi connectivity index (χ0v) is 10.5. The lowest BCUT2D eigenvalue weighted by molar-refractivity contribution is 0.281. The van der Waals surface area contributed by atoms with Gasteiger partial charge in [0.05, 0.1) is 19.1 Å². The van der Waals surface area contributed by atoms with E-state index in [1.54, 1.807) is 6.20 Å². The Balaban J connectivity index is 2.29. The minimum Gasteiger partial charge on any atom is -0.392 e. The SMILES string of the molecule is N#CCCN(c1ccccc1)c1ccc(CO)cn1. The normalized spacial score (nSPS) is 9.89. The molecule has 1 aromatic carbocycles. The quantitative estimate of drug-likeness (QED) is 0.889. The summed E-state index contributed by atoms with van der Waals surface area (Å²) in [6.45, 7) is 0.572. The van der Waals surface area contributed by atoms with Gasteiger partial charge >= 0.3 is 0 Å². The van der Waals surface area contributed by atoms with Crippen LogP contribution in [0.1, 0.15) is 12.0 Å². The average molecular weight is 253 g/mol. The molecule has 0 aliphatic heterocycles. The molecule has 0 spiro atoms. The Morgan fingerprint density at radius 2 is 1.95 bits per heavy atom. The van der Waals surface area contributed by atoms with Crippen molar-refractivity contribution in [1.82, 2.24) is 4.98 Å². The molecule has 0 aliphatic carbocycles. The molecule has 0 saturated heterocycles. The van der Waals surface area contributed by atoms with E-state index >= 15 is 0 Å². The van der Waals surface area contributed by atoms with E-state index in [-0.39, 0.29) is 6.61 Å². The van der Waals surface area contributed by atoms with Gasteiger partial charge in [-0.15, -0.1) is 0 Å². The van der Waals surface area contributed by atoms with Crippen LogP contribution in [0.3, 0.4) is 0 Å². The molecule has 2 rings (SSSR count). The first-order valence-electron chi connectivity index (χ1n) is 6.10. The highest BCUT2D eigenvalue weighted by Gasteiger charge is 2.09. The summed E-state index contributed by atoms with van der Waals surface area (Å²) < 4.78 is 0. The third kappa shape index (κ3) is 3.30. The summed E-state index contributed by atoms with van der Waals surface area (Å²) in [5.74, 6) is 0.777. The van der Waals surface area contributed by atoms with Crippen molar-refractivity contribution in [3.8, 4) is 6.07 Å².